The lowest BCUT2D eigenvalue weighted by molar-refractivity contribution is -0.132. The molecule has 0 aromatic carbocycles. The van der Waals surface area contributed by atoms with E-state index in [1.165, 1.54) is 5.57 Å². The van der Waals surface area contributed by atoms with Gasteiger partial charge in [-0.15, -0.1) is 0 Å². The summed E-state index contributed by atoms with van der Waals surface area (Å²) in [5, 5.41) is 22.3. The Labute approximate surface area is 213 Å². The molecule has 8 nitrogen and oxygen atoms in total. The fourth-order valence-electron chi connectivity index (χ4n) is 6.03. The molecule has 1 saturated heterocycles. The lowest BCUT2D eigenvalue weighted by Crippen LogP contribution is -2.55. The average molecular weight is 571 g/mol. The van der Waals surface area contributed by atoms with Gasteiger partial charge in [0, 0.05) is 41.8 Å². The zero-order chi connectivity index (χ0) is 23.6. The van der Waals surface area contributed by atoms with Crippen LogP contribution in [0.5, 0.6) is 0 Å². The van der Waals surface area contributed by atoms with Crippen LogP contribution in [0.1, 0.15) is 39.5 Å². The molecule has 0 aromatic heterocycles. The van der Waals surface area contributed by atoms with Crippen molar-refractivity contribution in [3.63, 3.8) is 0 Å². The Hall–Kier alpha value is -2.27. The van der Waals surface area contributed by atoms with Crippen molar-refractivity contribution in [3.05, 3.63) is 46.7 Å². The number of carbonyl (C=O) groups excluding carboxylic acids is 1. The molecule has 34 heavy (non-hydrogen) atoms. The number of carbonyl (C=O) groups is 1. The number of nitrogens with one attached hydrogen (secondary N) is 3. The van der Waals surface area contributed by atoms with Crippen LogP contribution in [0.2, 0.25) is 0 Å². The summed E-state index contributed by atoms with van der Waals surface area (Å²) in [4.78, 5) is 19.8. The summed E-state index contributed by atoms with van der Waals surface area (Å²) in [6, 6.07) is 0.165. The van der Waals surface area contributed by atoms with Crippen LogP contribution in [-0.2, 0) is 4.79 Å². The maximum atomic E-state index is 13.0. The predicted molar refractivity (Wildman–Crippen MR) is 142 cm³/mol. The molecular formula is C25H30IN7O. The van der Waals surface area contributed by atoms with E-state index in [1.54, 1.807) is 5.01 Å². The fourth-order valence-corrected chi connectivity index (χ4v) is 7.10. The second-order valence-corrected chi connectivity index (χ2v) is 11.5. The lowest BCUT2D eigenvalue weighted by atomic mass is 9.65. The molecule has 1 amide bonds. The van der Waals surface area contributed by atoms with E-state index in [1.807, 2.05) is 11.1 Å². The molecule has 4 atom stereocenters. The molecule has 9 heteroatoms. The number of rotatable bonds is 2. The summed E-state index contributed by atoms with van der Waals surface area (Å²) in [6.45, 7) is 6.36. The van der Waals surface area contributed by atoms with Gasteiger partial charge in [0.05, 0.1) is 9.62 Å². The van der Waals surface area contributed by atoms with Crippen LogP contribution in [0.4, 0.5) is 0 Å². The van der Waals surface area contributed by atoms with Crippen molar-refractivity contribution < 1.29 is 4.79 Å². The maximum absolute atomic E-state index is 13.0. The first-order valence-electron chi connectivity index (χ1n) is 12.2. The van der Waals surface area contributed by atoms with Gasteiger partial charge in [0.25, 0.3) is 0 Å². The Bertz CT molecular complexity index is 1140. The fraction of sp³-hybridized carbons (Fsp3) is 0.520. The average Bonchev–Trinajstić information content (AvgIpc) is 3.23. The monoisotopic (exact) mass is 571 g/mol. The van der Waals surface area contributed by atoms with Crippen molar-refractivity contribution in [2.24, 2.45) is 27.3 Å². The molecule has 0 aromatic rings. The van der Waals surface area contributed by atoms with Crippen molar-refractivity contribution in [2.45, 2.75) is 49.5 Å². The van der Waals surface area contributed by atoms with Gasteiger partial charge in [0.2, 0.25) is 5.91 Å². The normalized spacial score (nSPS) is 35.4. The van der Waals surface area contributed by atoms with E-state index in [-0.39, 0.29) is 23.3 Å². The molecule has 3 N–H and O–H groups in total. The van der Waals surface area contributed by atoms with Gasteiger partial charge in [-0.3, -0.25) is 20.1 Å². The molecule has 0 bridgehead atoms. The summed E-state index contributed by atoms with van der Waals surface area (Å²) in [6.07, 6.45) is 13.4. The van der Waals surface area contributed by atoms with Crippen molar-refractivity contribution in [1.82, 2.24) is 20.5 Å². The van der Waals surface area contributed by atoms with Crippen LogP contribution >= 0.6 is 22.6 Å². The molecular weight excluding hydrogens is 541 g/mol. The third-order valence-corrected chi connectivity index (χ3v) is 9.41. The van der Waals surface area contributed by atoms with E-state index < -0.39 is 0 Å². The van der Waals surface area contributed by atoms with E-state index in [0.29, 0.717) is 28.5 Å². The number of amidine groups is 1. The molecule has 0 saturated carbocycles. The summed E-state index contributed by atoms with van der Waals surface area (Å²) in [5.41, 5.74) is 3.12. The number of hydrogen-bond acceptors (Lipinski definition) is 6. The Morgan fingerprint density at radius 2 is 2.06 bits per heavy atom. The first kappa shape index (κ1) is 22.2. The molecule has 5 heterocycles. The highest BCUT2D eigenvalue weighted by Gasteiger charge is 2.46. The molecule has 6 aliphatic rings. The lowest BCUT2D eigenvalue weighted by Gasteiger charge is -2.46. The van der Waals surface area contributed by atoms with Crippen LogP contribution in [0.15, 0.2) is 56.8 Å². The van der Waals surface area contributed by atoms with E-state index in [4.69, 9.17) is 15.5 Å². The quantitative estimate of drug-likeness (QED) is 0.351. The SMILES string of the molecule is C[C@H]1C2=C(C=C[C@H]2I)N=C[C@@]1(C)C1C=NN2C(=N)C3=C(NC2=C1)N(C1CCNCC1)C(=O)CC3. The molecule has 0 radical (unpaired) electrons. The van der Waals surface area contributed by atoms with Crippen LogP contribution in [0.3, 0.4) is 0 Å². The molecule has 5 aliphatic heterocycles. The molecule has 1 aliphatic carbocycles. The largest absolute Gasteiger partial charge is 0.326 e. The van der Waals surface area contributed by atoms with Gasteiger partial charge in [0.1, 0.15) is 11.6 Å². The van der Waals surface area contributed by atoms with E-state index in [0.717, 1.165) is 48.8 Å². The predicted octanol–water partition coefficient (Wildman–Crippen LogP) is 3.27. The third-order valence-electron chi connectivity index (χ3n) is 8.33. The number of piperidine rings is 1. The first-order valence-corrected chi connectivity index (χ1v) is 13.4. The van der Waals surface area contributed by atoms with Crippen molar-refractivity contribution in [3.8, 4) is 0 Å². The summed E-state index contributed by atoms with van der Waals surface area (Å²) >= 11 is 2.48. The van der Waals surface area contributed by atoms with Gasteiger partial charge < -0.3 is 10.6 Å². The van der Waals surface area contributed by atoms with Gasteiger partial charge in [-0.25, -0.2) is 0 Å². The minimum absolute atomic E-state index is 0.0184. The van der Waals surface area contributed by atoms with Crippen LogP contribution in [-0.4, -0.2) is 57.1 Å². The Morgan fingerprint density at radius 1 is 1.26 bits per heavy atom. The highest BCUT2D eigenvalue weighted by molar-refractivity contribution is 14.1. The van der Waals surface area contributed by atoms with Crippen molar-refractivity contribution in [2.75, 3.05) is 13.1 Å². The smallest absolute Gasteiger partial charge is 0.228 e. The zero-order valence-electron chi connectivity index (χ0n) is 19.5. The number of hydrazone groups is 1. The van der Waals surface area contributed by atoms with Crippen molar-refractivity contribution >= 4 is 46.8 Å². The van der Waals surface area contributed by atoms with E-state index >= 15 is 0 Å². The number of nitrogens with zero attached hydrogens (tertiary/aromatic N) is 4. The van der Waals surface area contributed by atoms with Gasteiger partial charge in [-0.05, 0) is 56.0 Å². The van der Waals surface area contributed by atoms with Gasteiger partial charge in [-0.1, -0.05) is 42.5 Å². The number of amides is 1. The first-order chi connectivity index (χ1) is 16.4. The third kappa shape index (κ3) is 3.26. The zero-order valence-corrected chi connectivity index (χ0v) is 21.7. The van der Waals surface area contributed by atoms with Gasteiger partial charge in [-0.2, -0.15) is 10.1 Å². The topological polar surface area (TPSA) is 96.2 Å². The van der Waals surface area contributed by atoms with Crippen LogP contribution in [0, 0.1) is 22.7 Å². The van der Waals surface area contributed by atoms with Crippen LogP contribution < -0.4 is 10.6 Å². The summed E-state index contributed by atoms with van der Waals surface area (Å²) in [7, 11) is 0. The van der Waals surface area contributed by atoms with E-state index in [2.05, 4.69) is 71.5 Å². The molecule has 1 fully saturated rings. The number of aliphatic imine (C=N–C) groups is 1. The van der Waals surface area contributed by atoms with Gasteiger partial charge in [0.15, 0.2) is 5.84 Å². The van der Waals surface area contributed by atoms with Crippen LogP contribution in [0.25, 0.3) is 0 Å². The van der Waals surface area contributed by atoms with Gasteiger partial charge >= 0.3 is 0 Å². The second kappa shape index (κ2) is 8.15. The van der Waals surface area contributed by atoms with E-state index in [9.17, 15) is 4.79 Å². The van der Waals surface area contributed by atoms with Crippen molar-refractivity contribution in [1.29, 1.82) is 5.41 Å². The minimum Gasteiger partial charge on any atom is -0.326 e. The highest BCUT2D eigenvalue weighted by atomic mass is 127. The number of fused-ring (bicyclic) bond motifs is 1. The molecule has 178 valence electrons. The number of allylic oxidation sites excluding steroid dienone is 4. The molecule has 1 unspecified atom stereocenters. The Kier molecular flexibility index (Phi) is 5.32. The Morgan fingerprint density at radius 3 is 2.85 bits per heavy atom. The highest BCUT2D eigenvalue weighted by Crippen LogP contribution is 2.48. The standard InChI is InChI=1S/C25H30IN7O/c1-14-22-18(26)4-5-19(22)29-13-25(14,2)15-11-20-31-24-17(23(27)33(20)30-12-15)3-6-21(34)32(24)16-7-9-28-10-8-16/h4-5,11-16,18,27-28,31H,3,6-10H2,1-2H3/t14-,15?,18+,25+/m0/s1. The number of halogens is 1. The Balaban J connectivity index is 1.33. The maximum Gasteiger partial charge on any atom is 0.228 e. The second-order valence-electron chi connectivity index (χ2n) is 10.1. The molecule has 6 rings (SSSR count). The summed E-state index contributed by atoms with van der Waals surface area (Å²) < 4.78 is 0.365. The minimum atomic E-state index is -0.230. The summed E-state index contributed by atoms with van der Waals surface area (Å²) in [5.74, 6) is 2.40. The molecule has 0 spiro atoms. The number of alkyl halides is 1. The number of hydrogen-bond donors (Lipinski definition) is 3.